The second-order valence-electron chi connectivity index (χ2n) is 5.07. The van der Waals surface area contributed by atoms with Gasteiger partial charge in [-0.05, 0) is 38.0 Å². The fourth-order valence-electron chi connectivity index (χ4n) is 2.36. The smallest absolute Gasteiger partial charge is 0.409 e. The molecule has 1 saturated heterocycles. The van der Waals surface area contributed by atoms with Crippen molar-refractivity contribution in [3.05, 3.63) is 29.0 Å². The number of amides is 2. The van der Waals surface area contributed by atoms with Gasteiger partial charge in [0.05, 0.1) is 17.3 Å². The predicted molar refractivity (Wildman–Crippen MR) is 81.4 cm³/mol. The maximum Gasteiger partial charge on any atom is 0.409 e. The third-order valence-electron chi connectivity index (χ3n) is 3.58. The van der Waals surface area contributed by atoms with Crippen molar-refractivity contribution in [2.75, 3.05) is 25.0 Å². The molecule has 0 unspecified atom stereocenters. The maximum absolute atomic E-state index is 13.0. The van der Waals surface area contributed by atoms with Crippen LogP contribution in [0.5, 0.6) is 0 Å². The largest absolute Gasteiger partial charge is 0.450 e. The molecule has 1 aliphatic heterocycles. The van der Waals surface area contributed by atoms with E-state index in [1.807, 2.05) is 0 Å². The Morgan fingerprint density at radius 1 is 1.41 bits per heavy atom. The molecule has 0 aliphatic carbocycles. The van der Waals surface area contributed by atoms with E-state index < -0.39 is 5.82 Å². The third-order valence-corrected chi connectivity index (χ3v) is 3.89. The molecule has 120 valence electrons. The molecule has 0 spiro atoms. The van der Waals surface area contributed by atoms with Crippen LogP contribution in [0, 0.1) is 11.7 Å². The minimum absolute atomic E-state index is 0.164. The standard InChI is InChI=1S/C15H18ClFN2O3/c1-2-22-15(21)19-7-5-10(6-8-19)14(20)18-13-4-3-11(17)9-12(13)16/h3-4,9-10H,2,5-8H2,1H3,(H,18,20). The van der Waals surface area contributed by atoms with Crippen molar-refractivity contribution < 1.29 is 18.7 Å². The summed E-state index contributed by atoms with van der Waals surface area (Å²) < 4.78 is 17.9. The van der Waals surface area contributed by atoms with Gasteiger partial charge in [0.1, 0.15) is 5.82 Å². The van der Waals surface area contributed by atoms with Gasteiger partial charge in [-0.3, -0.25) is 4.79 Å². The van der Waals surface area contributed by atoms with Crippen LogP contribution in [0.1, 0.15) is 19.8 Å². The van der Waals surface area contributed by atoms with Gasteiger partial charge in [0, 0.05) is 19.0 Å². The molecule has 0 saturated carbocycles. The molecule has 1 aromatic rings. The number of hydrogen-bond acceptors (Lipinski definition) is 3. The lowest BCUT2D eigenvalue weighted by Crippen LogP contribution is -2.41. The molecule has 2 rings (SSSR count). The lowest BCUT2D eigenvalue weighted by atomic mass is 9.96. The number of carbonyl (C=O) groups is 2. The molecule has 0 atom stereocenters. The quantitative estimate of drug-likeness (QED) is 0.926. The molecule has 0 aromatic heterocycles. The van der Waals surface area contributed by atoms with Crippen LogP contribution >= 0.6 is 11.6 Å². The molecule has 7 heteroatoms. The summed E-state index contributed by atoms with van der Waals surface area (Å²) in [7, 11) is 0. The van der Waals surface area contributed by atoms with Crippen LogP contribution < -0.4 is 5.32 Å². The first-order valence-electron chi connectivity index (χ1n) is 7.19. The van der Waals surface area contributed by atoms with E-state index in [9.17, 15) is 14.0 Å². The van der Waals surface area contributed by atoms with E-state index in [1.165, 1.54) is 12.1 Å². The highest BCUT2D eigenvalue weighted by atomic mass is 35.5. The fraction of sp³-hybridized carbons (Fsp3) is 0.467. The first-order chi connectivity index (χ1) is 10.5. The van der Waals surface area contributed by atoms with Crippen molar-refractivity contribution >= 4 is 29.3 Å². The van der Waals surface area contributed by atoms with E-state index >= 15 is 0 Å². The van der Waals surface area contributed by atoms with Crippen molar-refractivity contribution in [3.63, 3.8) is 0 Å². The van der Waals surface area contributed by atoms with Crippen LogP contribution in [0.4, 0.5) is 14.9 Å². The Morgan fingerprint density at radius 3 is 2.68 bits per heavy atom. The van der Waals surface area contributed by atoms with Gasteiger partial charge in [0.15, 0.2) is 0 Å². The van der Waals surface area contributed by atoms with Crippen molar-refractivity contribution in [3.8, 4) is 0 Å². The number of benzene rings is 1. The highest BCUT2D eigenvalue weighted by Crippen LogP contribution is 2.25. The summed E-state index contributed by atoms with van der Waals surface area (Å²) in [5.41, 5.74) is 0.390. The summed E-state index contributed by atoms with van der Waals surface area (Å²) in [6.07, 6.45) is 0.773. The van der Waals surface area contributed by atoms with Crippen molar-refractivity contribution in [2.45, 2.75) is 19.8 Å². The van der Waals surface area contributed by atoms with Crippen molar-refractivity contribution in [2.24, 2.45) is 5.92 Å². The van der Waals surface area contributed by atoms with Gasteiger partial charge >= 0.3 is 6.09 Å². The van der Waals surface area contributed by atoms with Crippen LogP contribution in [0.15, 0.2) is 18.2 Å². The van der Waals surface area contributed by atoms with E-state index in [1.54, 1.807) is 11.8 Å². The molecule has 5 nitrogen and oxygen atoms in total. The zero-order chi connectivity index (χ0) is 16.1. The average molecular weight is 329 g/mol. The second-order valence-corrected chi connectivity index (χ2v) is 5.48. The van der Waals surface area contributed by atoms with Crippen molar-refractivity contribution in [1.29, 1.82) is 0 Å². The van der Waals surface area contributed by atoms with E-state index in [2.05, 4.69) is 5.32 Å². The Hall–Kier alpha value is -1.82. The molecule has 2 amide bonds. The lowest BCUT2D eigenvalue weighted by molar-refractivity contribution is -0.121. The molecular weight excluding hydrogens is 311 g/mol. The van der Waals surface area contributed by atoms with Gasteiger partial charge in [-0.1, -0.05) is 11.6 Å². The highest BCUT2D eigenvalue weighted by Gasteiger charge is 2.28. The third kappa shape index (κ3) is 4.10. The number of anilines is 1. The number of hydrogen-bond donors (Lipinski definition) is 1. The number of likely N-dealkylation sites (tertiary alicyclic amines) is 1. The summed E-state index contributed by atoms with van der Waals surface area (Å²) in [4.78, 5) is 25.4. The topological polar surface area (TPSA) is 58.6 Å². The van der Waals surface area contributed by atoms with Crippen LogP contribution in [0.2, 0.25) is 5.02 Å². The molecule has 1 heterocycles. The second kappa shape index (κ2) is 7.45. The molecule has 0 radical (unpaired) electrons. The Kier molecular flexibility index (Phi) is 5.60. The summed E-state index contributed by atoms with van der Waals surface area (Å²) in [6, 6.07) is 3.83. The average Bonchev–Trinajstić information content (AvgIpc) is 2.50. The van der Waals surface area contributed by atoms with Crippen LogP contribution in [0.25, 0.3) is 0 Å². The number of nitrogens with one attached hydrogen (secondary N) is 1. The summed E-state index contributed by atoms with van der Waals surface area (Å²) >= 11 is 5.89. The maximum atomic E-state index is 13.0. The van der Waals surface area contributed by atoms with Gasteiger partial charge < -0.3 is 15.0 Å². The summed E-state index contributed by atoms with van der Waals surface area (Å²) in [5, 5.41) is 2.87. The predicted octanol–water partition coefficient (Wildman–Crippen LogP) is 3.29. The summed E-state index contributed by atoms with van der Waals surface area (Å²) in [6.45, 7) is 3.05. The van der Waals surface area contributed by atoms with Gasteiger partial charge in [-0.25, -0.2) is 9.18 Å². The zero-order valence-electron chi connectivity index (χ0n) is 12.3. The Morgan fingerprint density at radius 2 is 2.09 bits per heavy atom. The van der Waals surface area contributed by atoms with Gasteiger partial charge in [0.2, 0.25) is 5.91 Å². The zero-order valence-corrected chi connectivity index (χ0v) is 13.0. The Balaban J connectivity index is 1.88. The number of halogens is 2. The van der Waals surface area contributed by atoms with Gasteiger partial charge in [0.25, 0.3) is 0 Å². The normalized spacial score (nSPS) is 15.5. The van der Waals surface area contributed by atoms with Crippen LogP contribution in [0.3, 0.4) is 0 Å². The van der Waals surface area contributed by atoms with E-state index in [0.717, 1.165) is 6.07 Å². The number of rotatable bonds is 3. The monoisotopic (exact) mass is 328 g/mol. The molecule has 1 aliphatic rings. The van der Waals surface area contributed by atoms with Crippen LogP contribution in [-0.2, 0) is 9.53 Å². The fourth-order valence-corrected chi connectivity index (χ4v) is 2.58. The van der Waals surface area contributed by atoms with E-state index in [0.29, 0.717) is 38.2 Å². The number of carbonyl (C=O) groups excluding carboxylic acids is 2. The molecule has 1 fully saturated rings. The van der Waals surface area contributed by atoms with E-state index in [-0.39, 0.29) is 22.9 Å². The van der Waals surface area contributed by atoms with Gasteiger partial charge in [-0.15, -0.1) is 0 Å². The molecule has 1 N–H and O–H groups in total. The molecule has 0 bridgehead atoms. The lowest BCUT2D eigenvalue weighted by Gasteiger charge is -2.30. The highest BCUT2D eigenvalue weighted by molar-refractivity contribution is 6.33. The van der Waals surface area contributed by atoms with E-state index in [4.69, 9.17) is 16.3 Å². The molecular formula is C15H18ClFN2O3. The SMILES string of the molecule is CCOC(=O)N1CCC(C(=O)Nc2ccc(F)cc2Cl)CC1. The molecule has 1 aromatic carbocycles. The number of ether oxygens (including phenoxy) is 1. The Labute approximate surface area is 133 Å². The molecule has 22 heavy (non-hydrogen) atoms. The minimum atomic E-state index is -0.453. The van der Waals surface area contributed by atoms with Gasteiger partial charge in [-0.2, -0.15) is 0 Å². The number of piperidine rings is 1. The van der Waals surface area contributed by atoms with Crippen molar-refractivity contribution in [1.82, 2.24) is 4.90 Å². The minimum Gasteiger partial charge on any atom is -0.450 e. The first-order valence-corrected chi connectivity index (χ1v) is 7.56. The summed E-state index contributed by atoms with van der Waals surface area (Å²) in [5.74, 6) is -0.824. The Bertz CT molecular complexity index is 560. The van der Waals surface area contributed by atoms with Crippen LogP contribution in [-0.4, -0.2) is 36.6 Å². The number of nitrogens with zero attached hydrogens (tertiary/aromatic N) is 1. The first kappa shape index (κ1) is 16.5.